The van der Waals surface area contributed by atoms with Gasteiger partial charge in [-0.3, -0.25) is 9.59 Å². The Bertz CT molecular complexity index is 884. The van der Waals surface area contributed by atoms with Gasteiger partial charge in [-0.05, 0) is 36.8 Å². The minimum Gasteiger partial charge on any atom is -0.350 e. The lowest BCUT2D eigenvalue weighted by atomic mass is 10.1. The van der Waals surface area contributed by atoms with E-state index in [0.717, 1.165) is 11.1 Å². The van der Waals surface area contributed by atoms with E-state index in [0.29, 0.717) is 30.3 Å². The second kappa shape index (κ2) is 9.43. The Morgan fingerprint density at radius 3 is 2.38 bits per heavy atom. The minimum atomic E-state index is -0.357. The molecule has 2 aromatic carbocycles. The van der Waals surface area contributed by atoms with E-state index in [1.807, 2.05) is 31.2 Å². The molecule has 1 saturated heterocycles. The first-order valence-electron chi connectivity index (χ1n) is 9.32. The zero-order valence-corrected chi connectivity index (χ0v) is 16.9. The standard InChI is InChI=1S/C21H23ClN4O3/c1-15-2-4-16(5-3-15)12-23-19(27)13-25-10-11-26(14-20(25)28)21(29)24-18-8-6-17(22)7-9-18/h2-9H,10-14H2,1H3,(H,23,27)(H,24,29). The fourth-order valence-corrected chi connectivity index (χ4v) is 3.05. The summed E-state index contributed by atoms with van der Waals surface area (Å²) in [4.78, 5) is 39.8. The Hall–Kier alpha value is -3.06. The Morgan fingerprint density at radius 1 is 1.03 bits per heavy atom. The summed E-state index contributed by atoms with van der Waals surface area (Å²) < 4.78 is 0. The summed E-state index contributed by atoms with van der Waals surface area (Å²) in [6.45, 7) is 3.00. The van der Waals surface area contributed by atoms with Crippen LogP contribution in [-0.2, 0) is 16.1 Å². The van der Waals surface area contributed by atoms with Crippen LogP contribution in [0.15, 0.2) is 48.5 Å². The monoisotopic (exact) mass is 414 g/mol. The molecule has 0 unspecified atom stereocenters. The highest BCUT2D eigenvalue weighted by Gasteiger charge is 2.28. The SMILES string of the molecule is Cc1ccc(CNC(=O)CN2CCN(C(=O)Nc3ccc(Cl)cc3)CC2=O)cc1. The quantitative estimate of drug-likeness (QED) is 0.789. The maximum Gasteiger partial charge on any atom is 0.322 e. The predicted molar refractivity (Wildman–Crippen MR) is 112 cm³/mol. The molecule has 0 bridgehead atoms. The average molecular weight is 415 g/mol. The van der Waals surface area contributed by atoms with Crippen molar-refractivity contribution in [1.82, 2.24) is 15.1 Å². The average Bonchev–Trinajstić information content (AvgIpc) is 2.71. The van der Waals surface area contributed by atoms with Gasteiger partial charge in [-0.2, -0.15) is 0 Å². The van der Waals surface area contributed by atoms with Crippen molar-refractivity contribution in [3.8, 4) is 0 Å². The summed E-state index contributed by atoms with van der Waals surface area (Å²) in [6, 6.07) is 14.3. The fourth-order valence-electron chi connectivity index (χ4n) is 2.92. The van der Waals surface area contributed by atoms with E-state index in [1.54, 1.807) is 24.3 Å². The Labute approximate surface area is 174 Å². The maximum atomic E-state index is 12.4. The van der Waals surface area contributed by atoms with Crippen LogP contribution in [0.25, 0.3) is 0 Å². The van der Waals surface area contributed by atoms with Crippen molar-refractivity contribution < 1.29 is 14.4 Å². The van der Waals surface area contributed by atoms with Gasteiger partial charge in [0.1, 0.15) is 6.54 Å². The first kappa shape index (κ1) is 20.7. The first-order valence-corrected chi connectivity index (χ1v) is 9.70. The molecule has 0 saturated carbocycles. The smallest absolute Gasteiger partial charge is 0.322 e. The lowest BCUT2D eigenvalue weighted by Gasteiger charge is -2.33. The molecule has 2 N–H and O–H groups in total. The van der Waals surface area contributed by atoms with Crippen molar-refractivity contribution in [3.63, 3.8) is 0 Å². The molecule has 0 spiro atoms. The van der Waals surface area contributed by atoms with Gasteiger partial charge in [-0.25, -0.2) is 4.79 Å². The normalized spacial score (nSPS) is 13.9. The molecule has 2 aromatic rings. The number of amides is 4. The molecule has 1 aliphatic heterocycles. The van der Waals surface area contributed by atoms with Gasteiger partial charge in [0, 0.05) is 30.3 Å². The molecule has 29 heavy (non-hydrogen) atoms. The summed E-state index contributed by atoms with van der Waals surface area (Å²) in [5.74, 6) is -0.481. The first-order chi connectivity index (χ1) is 13.9. The maximum absolute atomic E-state index is 12.4. The number of nitrogens with one attached hydrogen (secondary N) is 2. The topological polar surface area (TPSA) is 81.8 Å². The molecule has 3 rings (SSSR count). The van der Waals surface area contributed by atoms with Crippen molar-refractivity contribution in [2.45, 2.75) is 13.5 Å². The summed E-state index contributed by atoms with van der Waals surface area (Å²) in [5, 5.41) is 6.13. The van der Waals surface area contributed by atoms with Crippen LogP contribution >= 0.6 is 11.6 Å². The molecule has 1 aliphatic rings. The number of halogens is 1. The van der Waals surface area contributed by atoms with E-state index < -0.39 is 0 Å². The number of carbonyl (C=O) groups is 3. The molecule has 0 radical (unpaired) electrons. The molecule has 0 atom stereocenters. The molecule has 7 nitrogen and oxygen atoms in total. The van der Waals surface area contributed by atoms with Crippen molar-refractivity contribution in [2.24, 2.45) is 0 Å². The second-order valence-electron chi connectivity index (χ2n) is 6.94. The van der Waals surface area contributed by atoms with Gasteiger partial charge in [0.25, 0.3) is 0 Å². The number of nitrogens with zero attached hydrogens (tertiary/aromatic N) is 2. The van der Waals surface area contributed by atoms with Crippen LogP contribution in [-0.4, -0.2) is 53.8 Å². The highest BCUT2D eigenvalue weighted by Crippen LogP contribution is 2.14. The number of rotatable bonds is 5. The minimum absolute atomic E-state index is 0.0165. The summed E-state index contributed by atoms with van der Waals surface area (Å²) in [6.07, 6.45) is 0. The number of piperazine rings is 1. The fraction of sp³-hybridized carbons (Fsp3) is 0.286. The lowest BCUT2D eigenvalue weighted by molar-refractivity contribution is -0.139. The lowest BCUT2D eigenvalue weighted by Crippen LogP contribution is -2.55. The van der Waals surface area contributed by atoms with Gasteiger partial charge >= 0.3 is 6.03 Å². The van der Waals surface area contributed by atoms with E-state index in [4.69, 9.17) is 11.6 Å². The number of urea groups is 1. The highest BCUT2D eigenvalue weighted by atomic mass is 35.5. The molecule has 0 aromatic heterocycles. The number of hydrogen-bond acceptors (Lipinski definition) is 3. The predicted octanol–water partition coefficient (Wildman–Crippen LogP) is 2.64. The molecule has 1 heterocycles. The number of hydrogen-bond donors (Lipinski definition) is 2. The highest BCUT2D eigenvalue weighted by molar-refractivity contribution is 6.30. The van der Waals surface area contributed by atoms with Crippen LogP contribution in [0.2, 0.25) is 5.02 Å². The number of carbonyl (C=O) groups excluding carboxylic acids is 3. The third-order valence-corrected chi connectivity index (χ3v) is 4.90. The van der Waals surface area contributed by atoms with E-state index in [-0.39, 0.29) is 30.9 Å². The van der Waals surface area contributed by atoms with Gasteiger partial charge in [0.2, 0.25) is 11.8 Å². The van der Waals surface area contributed by atoms with E-state index in [1.165, 1.54) is 9.80 Å². The summed E-state index contributed by atoms with van der Waals surface area (Å²) >= 11 is 5.83. The van der Waals surface area contributed by atoms with E-state index in [2.05, 4.69) is 10.6 Å². The van der Waals surface area contributed by atoms with E-state index in [9.17, 15) is 14.4 Å². The van der Waals surface area contributed by atoms with Crippen LogP contribution in [0.3, 0.4) is 0 Å². The Balaban J connectivity index is 1.44. The van der Waals surface area contributed by atoms with Crippen molar-refractivity contribution >= 4 is 35.1 Å². The van der Waals surface area contributed by atoms with Crippen LogP contribution in [0.5, 0.6) is 0 Å². The Kier molecular flexibility index (Phi) is 6.72. The van der Waals surface area contributed by atoms with Crippen molar-refractivity contribution in [3.05, 3.63) is 64.7 Å². The molecule has 1 fully saturated rings. The third kappa shape index (κ3) is 5.96. The van der Waals surface area contributed by atoms with Crippen molar-refractivity contribution in [1.29, 1.82) is 0 Å². The zero-order valence-electron chi connectivity index (χ0n) is 16.2. The Morgan fingerprint density at radius 2 is 1.72 bits per heavy atom. The molecule has 8 heteroatoms. The van der Waals surface area contributed by atoms with Gasteiger partial charge in [0.15, 0.2) is 0 Å². The molecule has 0 aliphatic carbocycles. The molecule has 4 amide bonds. The van der Waals surface area contributed by atoms with Gasteiger partial charge in [0.05, 0.1) is 6.54 Å². The molecular formula is C21H23ClN4O3. The van der Waals surface area contributed by atoms with Crippen molar-refractivity contribution in [2.75, 3.05) is 31.5 Å². The second-order valence-corrected chi connectivity index (χ2v) is 7.37. The zero-order chi connectivity index (χ0) is 20.8. The summed E-state index contributed by atoms with van der Waals surface area (Å²) in [7, 11) is 0. The van der Waals surface area contributed by atoms with Gasteiger partial charge in [-0.1, -0.05) is 41.4 Å². The van der Waals surface area contributed by atoms with Crippen LogP contribution in [0.1, 0.15) is 11.1 Å². The van der Waals surface area contributed by atoms with Crippen LogP contribution < -0.4 is 10.6 Å². The van der Waals surface area contributed by atoms with Gasteiger partial charge in [-0.15, -0.1) is 0 Å². The number of benzene rings is 2. The van der Waals surface area contributed by atoms with Gasteiger partial charge < -0.3 is 20.4 Å². The molecular weight excluding hydrogens is 392 g/mol. The molecule has 152 valence electrons. The number of aryl methyl sites for hydroxylation is 1. The van der Waals surface area contributed by atoms with E-state index >= 15 is 0 Å². The summed E-state index contributed by atoms with van der Waals surface area (Å²) in [5.41, 5.74) is 2.76. The van der Waals surface area contributed by atoms with Crippen LogP contribution in [0, 0.1) is 6.92 Å². The third-order valence-electron chi connectivity index (χ3n) is 4.65. The largest absolute Gasteiger partial charge is 0.350 e. The number of anilines is 1. The van der Waals surface area contributed by atoms with Crippen LogP contribution in [0.4, 0.5) is 10.5 Å².